The highest BCUT2D eigenvalue weighted by Crippen LogP contribution is 2.13. The second-order valence-corrected chi connectivity index (χ2v) is 7.49. The standard InChI is InChI=1S/C14H21N3O3S/c1-2-8-15-13-7-3-6-12(17-13)14(18)16-11-5-4-9-21(19,20)10-11/h3,6-7,11H,2,4-5,8-10H2,1H3,(H,15,17)(H,16,18). The van der Waals surface area contributed by atoms with E-state index in [0.29, 0.717) is 24.4 Å². The van der Waals surface area contributed by atoms with Gasteiger partial charge in [-0.05, 0) is 31.4 Å². The molecule has 0 aromatic carbocycles. The summed E-state index contributed by atoms with van der Waals surface area (Å²) in [6.07, 6.45) is 2.26. The maximum absolute atomic E-state index is 12.2. The van der Waals surface area contributed by atoms with Gasteiger partial charge >= 0.3 is 0 Å². The van der Waals surface area contributed by atoms with E-state index in [-0.39, 0.29) is 23.5 Å². The monoisotopic (exact) mass is 311 g/mol. The van der Waals surface area contributed by atoms with Crippen LogP contribution in [0.2, 0.25) is 0 Å². The summed E-state index contributed by atoms with van der Waals surface area (Å²) in [5.74, 6) is 0.568. The third-order valence-corrected chi connectivity index (χ3v) is 5.16. The molecule has 2 rings (SSSR count). The third-order valence-electron chi connectivity index (χ3n) is 3.34. The zero-order chi connectivity index (χ0) is 15.3. The number of anilines is 1. The van der Waals surface area contributed by atoms with E-state index in [1.165, 1.54) is 0 Å². The second-order valence-electron chi connectivity index (χ2n) is 5.26. The van der Waals surface area contributed by atoms with Gasteiger partial charge in [-0.3, -0.25) is 4.79 Å². The summed E-state index contributed by atoms with van der Waals surface area (Å²) >= 11 is 0. The maximum Gasteiger partial charge on any atom is 0.270 e. The zero-order valence-corrected chi connectivity index (χ0v) is 12.9. The van der Waals surface area contributed by atoms with Crippen molar-refractivity contribution in [3.8, 4) is 0 Å². The Balaban J connectivity index is 1.99. The van der Waals surface area contributed by atoms with E-state index >= 15 is 0 Å². The number of pyridine rings is 1. The second kappa shape index (κ2) is 6.89. The lowest BCUT2D eigenvalue weighted by Gasteiger charge is -2.22. The SMILES string of the molecule is CCCNc1cccc(C(=O)NC2CCCS(=O)(=O)C2)n1. The average molecular weight is 311 g/mol. The van der Waals surface area contributed by atoms with Gasteiger partial charge in [0.1, 0.15) is 11.5 Å². The average Bonchev–Trinajstić information content (AvgIpc) is 2.44. The molecule has 0 radical (unpaired) electrons. The van der Waals surface area contributed by atoms with Gasteiger partial charge in [-0.1, -0.05) is 13.0 Å². The number of carbonyl (C=O) groups is 1. The van der Waals surface area contributed by atoms with Crippen molar-refractivity contribution in [1.82, 2.24) is 10.3 Å². The van der Waals surface area contributed by atoms with Crippen LogP contribution < -0.4 is 10.6 Å². The van der Waals surface area contributed by atoms with Gasteiger partial charge in [0.25, 0.3) is 5.91 Å². The molecule has 1 saturated heterocycles. The number of hydrogen-bond donors (Lipinski definition) is 2. The highest BCUT2D eigenvalue weighted by molar-refractivity contribution is 7.91. The van der Waals surface area contributed by atoms with E-state index < -0.39 is 9.84 Å². The number of amides is 1. The fourth-order valence-electron chi connectivity index (χ4n) is 2.31. The van der Waals surface area contributed by atoms with Crippen LogP contribution in [0, 0.1) is 0 Å². The first-order chi connectivity index (χ1) is 10.00. The minimum Gasteiger partial charge on any atom is -0.370 e. The Hall–Kier alpha value is -1.63. The van der Waals surface area contributed by atoms with Gasteiger partial charge in [0.05, 0.1) is 11.5 Å². The summed E-state index contributed by atoms with van der Waals surface area (Å²) in [6, 6.07) is 4.88. The van der Waals surface area contributed by atoms with Crippen LogP contribution >= 0.6 is 0 Å². The number of sulfone groups is 1. The lowest BCUT2D eigenvalue weighted by molar-refractivity contribution is 0.0933. The molecule has 0 bridgehead atoms. The van der Waals surface area contributed by atoms with Crippen LogP contribution in [0.3, 0.4) is 0 Å². The molecular weight excluding hydrogens is 290 g/mol. The van der Waals surface area contributed by atoms with E-state index in [0.717, 1.165) is 13.0 Å². The van der Waals surface area contributed by atoms with Gasteiger partial charge < -0.3 is 10.6 Å². The molecule has 116 valence electrons. The topological polar surface area (TPSA) is 88.2 Å². The molecule has 1 unspecified atom stereocenters. The molecule has 1 aromatic heterocycles. The van der Waals surface area contributed by atoms with Crippen molar-refractivity contribution in [2.24, 2.45) is 0 Å². The first-order valence-electron chi connectivity index (χ1n) is 7.22. The Bertz CT molecular complexity index is 601. The fraction of sp³-hybridized carbons (Fsp3) is 0.571. The number of aromatic nitrogens is 1. The van der Waals surface area contributed by atoms with E-state index in [4.69, 9.17) is 0 Å². The summed E-state index contributed by atoms with van der Waals surface area (Å²) in [5.41, 5.74) is 0.305. The molecule has 1 aliphatic rings. The smallest absolute Gasteiger partial charge is 0.270 e. The minimum absolute atomic E-state index is 0.0204. The van der Waals surface area contributed by atoms with Crippen molar-refractivity contribution < 1.29 is 13.2 Å². The molecule has 1 fully saturated rings. The molecule has 1 aliphatic heterocycles. The number of rotatable bonds is 5. The third kappa shape index (κ3) is 4.70. The van der Waals surface area contributed by atoms with Crippen molar-refractivity contribution in [3.63, 3.8) is 0 Å². The lowest BCUT2D eigenvalue weighted by Crippen LogP contribution is -2.43. The van der Waals surface area contributed by atoms with Gasteiger partial charge in [0.2, 0.25) is 0 Å². The summed E-state index contributed by atoms with van der Waals surface area (Å²) in [7, 11) is -3.03. The van der Waals surface area contributed by atoms with Crippen LogP contribution in [0.15, 0.2) is 18.2 Å². The molecule has 1 amide bonds. The molecule has 7 heteroatoms. The number of carbonyl (C=O) groups excluding carboxylic acids is 1. The maximum atomic E-state index is 12.2. The Morgan fingerprint density at radius 3 is 2.95 bits per heavy atom. The highest BCUT2D eigenvalue weighted by Gasteiger charge is 2.26. The van der Waals surface area contributed by atoms with Crippen molar-refractivity contribution in [2.45, 2.75) is 32.2 Å². The molecule has 0 spiro atoms. The zero-order valence-electron chi connectivity index (χ0n) is 12.1. The molecule has 0 aliphatic carbocycles. The number of hydrogen-bond acceptors (Lipinski definition) is 5. The van der Waals surface area contributed by atoms with Gasteiger partial charge in [0.15, 0.2) is 9.84 Å². The molecule has 1 atom stereocenters. The van der Waals surface area contributed by atoms with Crippen LogP contribution in [0.5, 0.6) is 0 Å². The predicted octanol–water partition coefficient (Wildman–Crippen LogP) is 1.21. The normalized spacial score (nSPS) is 20.7. The van der Waals surface area contributed by atoms with E-state index in [1.807, 2.05) is 6.92 Å². The lowest BCUT2D eigenvalue weighted by atomic mass is 10.2. The number of nitrogens with one attached hydrogen (secondary N) is 2. The predicted molar refractivity (Wildman–Crippen MR) is 82.2 cm³/mol. The minimum atomic E-state index is -3.03. The quantitative estimate of drug-likeness (QED) is 0.853. The first kappa shape index (κ1) is 15.8. The molecule has 0 saturated carbocycles. The van der Waals surface area contributed by atoms with Crippen LogP contribution in [0.4, 0.5) is 5.82 Å². The number of nitrogens with zero attached hydrogens (tertiary/aromatic N) is 1. The summed E-state index contributed by atoms with van der Waals surface area (Å²) in [5, 5.41) is 5.89. The van der Waals surface area contributed by atoms with Gasteiger partial charge in [0, 0.05) is 12.6 Å². The van der Waals surface area contributed by atoms with Crippen LogP contribution in [0.1, 0.15) is 36.7 Å². The largest absolute Gasteiger partial charge is 0.370 e. The molecule has 2 N–H and O–H groups in total. The van der Waals surface area contributed by atoms with Gasteiger partial charge in [-0.2, -0.15) is 0 Å². The molecule has 21 heavy (non-hydrogen) atoms. The van der Waals surface area contributed by atoms with Crippen molar-refractivity contribution >= 4 is 21.6 Å². The van der Waals surface area contributed by atoms with Crippen molar-refractivity contribution in [3.05, 3.63) is 23.9 Å². The summed E-state index contributed by atoms with van der Waals surface area (Å²) in [6.45, 7) is 2.84. The summed E-state index contributed by atoms with van der Waals surface area (Å²) in [4.78, 5) is 16.4. The Kier molecular flexibility index (Phi) is 5.17. The van der Waals surface area contributed by atoms with Crippen molar-refractivity contribution in [1.29, 1.82) is 0 Å². The van der Waals surface area contributed by atoms with E-state index in [2.05, 4.69) is 15.6 Å². The first-order valence-corrected chi connectivity index (χ1v) is 9.04. The fourth-order valence-corrected chi connectivity index (χ4v) is 3.94. The van der Waals surface area contributed by atoms with E-state index in [9.17, 15) is 13.2 Å². The Morgan fingerprint density at radius 2 is 2.24 bits per heavy atom. The van der Waals surface area contributed by atoms with Crippen LogP contribution in [-0.2, 0) is 9.84 Å². The Labute approximate surface area is 125 Å². The van der Waals surface area contributed by atoms with Gasteiger partial charge in [-0.25, -0.2) is 13.4 Å². The van der Waals surface area contributed by atoms with Crippen LogP contribution in [-0.4, -0.2) is 43.4 Å². The molecule has 6 nitrogen and oxygen atoms in total. The molecule has 1 aromatic rings. The van der Waals surface area contributed by atoms with Crippen molar-refractivity contribution in [2.75, 3.05) is 23.4 Å². The van der Waals surface area contributed by atoms with Gasteiger partial charge in [-0.15, -0.1) is 0 Å². The molecular formula is C14H21N3O3S. The molecule has 2 heterocycles. The van der Waals surface area contributed by atoms with Crippen LogP contribution in [0.25, 0.3) is 0 Å². The summed E-state index contributed by atoms with van der Waals surface area (Å²) < 4.78 is 23.1. The highest BCUT2D eigenvalue weighted by atomic mass is 32.2. The van der Waals surface area contributed by atoms with E-state index in [1.54, 1.807) is 18.2 Å². The Morgan fingerprint density at radius 1 is 1.43 bits per heavy atom.